The Balaban J connectivity index is 2.02. The van der Waals surface area contributed by atoms with Gasteiger partial charge in [0.15, 0.2) is 0 Å². The average Bonchev–Trinajstić information content (AvgIpc) is 2.39. The highest BCUT2D eigenvalue weighted by atomic mass is 16.2. The Morgan fingerprint density at radius 2 is 2.00 bits per heavy atom. The minimum Gasteiger partial charge on any atom is -0.368 e. The fourth-order valence-corrected chi connectivity index (χ4v) is 2.40. The van der Waals surface area contributed by atoms with Gasteiger partial charge in [0.05, 0.1) is 0 Å². The number of benzene rings is 1. The van der Waals surface area contributed by atoms with E-state index in [0.717, 1.165) is 19.6 Å². The molecule has 1 aliphatic heterocycles. The third kappa shape index (κ3) is 2.60. The predicted molar refractivity (Wildman–Crippen MR) is 70.1 cm³/mol. The van der Waals surface area contributed by atoms with Gasteiger partial charge in [-0.3, -0.25) is 4.79 Å². The molecule has 0 aliphatic carbocycles. The number of piperazine rings is 1. The molecule has 0 spiro atoms. The summed E-state index contributed by atoms with van der Waals surface area (Å²) in [6.07, 6.45) is 0.607. The molecule has 1 saturated heterocycles. The summed E-state index contributed by atoms with van der Waals surface area (Å²) < 4.78 is 0. The molecule has 3 heteroatoms. The van der Waals surface area contributed by atoms with Crippen LogP contribution in [0.4, 0.5) is 5.69 Å². The van der Waals surface area contributed by atoms with Crippen LogP contribution in [-0.4, -0.2) is 36.5 Å². The molecule has 1 atom stereocenters. The summed E-state index contributed by atoms with van der Waals surface area (Å²) in [7, 11) is 0. The Morgan fingerprint density at radius 1 is 1.29 bits per heavy atom. The Hall–Kier alpha value is -1.51. The van der Waals surface area contributed by atoms with Crippen LogP contribution in [0.2, 0.25) is 0 Å². The van der Waals surface area contributed by atoms with Crippen molar-refractivity contribution in [1.82, 2.24) is 4.90 Å². The van der Waals surface area contributed by atoms with Crippen LogP contribution in [0.25, 0.3) is 0 Å². The number of anilines is 1. The van der Waals surface area contributed by atoms with Crippen molar-refractivity contribution in [2.45, 2.75) is 26.3 Å². The van der Waals surface area contributed by atoms with Crippen LogP contribution in [0.3, 0.4) is 0 Å². The van der Waals surface area contributed by atoms with Crippen LogP contribution < -0.4 is 4.90 Å². The van der Waals surface area contributed by atoms with Crippen molar-refractivity contribution in [3.05, 3.63) is 30.3 Å². The summed E-state index contributed by atoms with van der Waals surface area (Å²) in [5, 5.41) is 0. The van der Waals surface area contributed by atoms with Crippen molar-refractivity contribution < 1.29 is 4.79 Å². The van der Waals surface area contributed by atoms with E-state index >= 15 is 0 Å². The first-order valence-electron chi connectivity index (χ1n) is 6.32. The van der Waals surface area contributed by atoms with Gasteiger partial charge in [-0.05, 0) is 19.1 Å². The number of nitrogens with zero attached hydrogens (tertiary/aromatic N) is 2. The Kier molecular flexibility index (Phi) is 3.67. The van der Waals surface area contributed by atoms with Gasteiger partial charge in [-0.2, -0.15) is 0 Å². The van der Waals surface area contributed by atoms with Crippen molar-refractivity contribution in [2.75, 3.05) is 24.5 Å². The number of carbonyl (C=O) groups is 1. The van der Waals surface area contributed by atoms with E-state index in [-0.39, 0.29) is 5.91 Å². The monoisotopic (exact) mass is 232 g/mol. The summed E-state index contributed by atoms with van der Waals surface area (Å²) in [6.45, 7) is 6.75. The SMILES string of the molecule is CCC(=O)N1CCN(c2ccccc2)CC1C. The fraction of sp³-hybridized carbons (Fsp3) is 0.500. The molecule has 0 saturated carbocycles. The lowest BCUT2D eigenvalue weighted by Gasteiger charge is -2.41. The van der Waals surface area contributed by atoms with Gasteiger partial charge in [-0.1, -0.05) is 25.1 Å². The van der Waals surface area contributed by atoms with Gasteiger partial charge in [0, 0.05) is 37.8 Å². The van der Waals surface area contributed by atoms with E-state index in [4.69, 9.17) is 0 Å². The van der Waals surface area contributed by atoms with Crippen LogP contribution in [-0.2, 0) is 4.79 Å². The maximum absolute atomic E-state index is 11.7. The molecule has 1 aromatic rings. The highest BCUT2D eigenvalue weighted by Crippen LogP contribution is 2.18. The quantitative estimate of drug-likeness (QED) is 0.780. The molecule has 17 heavy (non-hydrogen) atoms. The normalized spacial score (nSPS) is 20.5. The highest BCUT2D eigenvalue weighted by molar-refractivity contribution is 5.76. The first kappa shape index (κ1) is 12.0. The third-order valence-corrected chi connectivity index (χ3v) is 3.37. The molecule has 1 aromatic carbocycles. The van der Waals surface area contributed by atoms with Crippen molar-refractivity contribution in [3.8, 4) is 0 Å². The van der Waals surface area contributed by atoms with Crippen molar-refractivity contribution in [1.29, 1.82) is 0 Å². The molecule has 1 fully saturated rings. The molecule has 2 rings (SSSR count). The Bertz CT molecular complexity index is 377. The van der Waals surface area contributed by atoms with E-state index in [0.29, 0.717) is 12.5 Å². The van der Waals surface area contributed by atoms with Crippen molar-refractivity contribution in [2.24, 2.45) is 0 Å². The van der Waals surface area contributed by atoms with Gasteiger partial charge in [0.1, 0.15) is 0 Å². The minimum atomic E-state index is 0.269. The van der Waals surface area contributed by atoms with Crippen molar-refractivity contribution in [3.63, 3.8) is 0 Å². The van der Waals surface area contributed by atoms with E-state index in [2.05, 4.69) is 36.1 Å². The van der Waals surface area contributed by atoms with E-state index < -0.39 is 0 Å². The first-order valence-corrected chi connectivity index (χ1v) is 6.32. The number of para-hydroxylation sites is 1. The maximum Gasteiger partial charge on any atom is 0.222 e. The maximum atomic E-state index is 11.7. The summed E-state index contributed by atoms with van der Waals surface area (Å²) in [5.74, 6) is 0.269. The van der Waals surface area contributed by atoms with E-state index in [1.165, 1.54) is 5.69 Å². The summed E-state index contributed by atoms with van der Waals surface area (Å²) in [4.78, 5) is 16.1. The molecule has 92 valence electrons. The summed E-state index contributed by atoms with van der Waals surface area (Å²) in [5.41, 5.74) is 1.25. The molecule has 1 amide bonds. The molecule has 0 aromatic heterocycles. The molecule has 1 heterocycles. The van der Waals surface area contributed by atoms with Crippen LogP contribution >= 0.6 is 0 Å². The molecule has 0 radical (unpaired) electrons. The summed E-state index contributed by atoms with van der Waals surface area (Å²) in [6, 6.07) is 10.7. The number of hydrogen-bond acceptors (Lipinski definition) is 2. The number of amides is 1. The van der Waals surface area contributed by atoms with Crippen LogP contribution in [0.15, 0.2) is 30.3 Å². The molecular formula is C14H20N2O. The summed E-state index contributed by atoms with van der Waals surface area (Å²) >= 11 is 0. The topological polar surface area (TPSA) is 23.6 Å². The van der Waals surface area contributed by atoms with Gasteiger partial charge >= 0.3 is 0 Å². The largest absolute Gasteiger partial charge is 0.368 e. The highest BCUT2D eigenvalue weighted by Gasteiger charge is 2.26. The second-order valence-electron chi connectivity index (χ2n) is 4.57. The Labute approximate surface area is 103 Å². The second kappa shape index (κ2) is 5.21. The van der Waals surface area contributed by atoms with Crippen LogP contribution in [0.5, 0.6) is 0 Å². The number of hydrogen-bond donors (Lipinski definition) is 0. The third-order valence-electron chi connectivity index (χ3n) is 3.37. The lowest BCUT2D eigenvalue weighted by Crippen LogP contribution is -2.54. The van der Waals surface area contributed by atoms with Gasteiger partial charge in [-0.25, -0.2) is 0 Å². The van der Waals surface area contributed by atoms with Gasteiger partial charge in [0.2, 0.25) is 5.91 Å². The minimum absolute atomic E-state index is 0.269. The molecule has 3 nitrogen and oxygen atoms in total. The predicted octanol–water partition coefficient (Wildman–Crippen LogP) is 2.13. The average molecular weight is 232 g/mol. The fourth-order valence-electron chi connectivity index (χ4n) is 2.40. The number of rotatable bonds is 2. The molecule has 0 bridgehead atoms. The van der Waals surface area contributed by atoms with Gasteiger partial charge in [-0.15, -0.1) is 0 Å². The van der Waals surface area contributed by atoms with E-state index in [1.807, 2.05) is 17.9 Å². The van der Waals surface area contributed by atoms with Gasteiger partial charge in [0.25, 0.3) is 0 Å². The molecule has 1 aliphatic rings. The van der Waals surface area contributed by atoms with Crippen molar-refractivity contribution >= 4 is 11.6 Å². The lowest BCUT2D eigenvalue weighted by molar-refractivity contribution is -0.133. The lowest BCUT2D eigenvalue weighted by atomic mass is 10.1. The van der Waals surface area contributed by atoms with E-state index in [9.17, 15) is 4.79 Å². The number of carbonyl (C=O) groups excluding carboxylic acids is 1. The van der Waals surface area contributed by atoms with Crippen LogP contribution in [0, 0.1) is 0 Å². The molecular weight excluding hydrogens is 212 g/mol. The molecule has 0 N–H and O–H groups in total. The van der Waals surface area contributed by atoms with E-state index in [1.54, 1.807) is 0 Å². The standard InChI is InChI=1S/C14H20N2O/c1-3-14(17)16-10-9-15(11-12(16)2)13-7-5-4-6-8-13/h4-8,12H,3,9-11H2,1-2H3. The smallest absolute Gasteiger partial charge is 0.222 e. The zero-order valence-corrected chi connectivity index (χ0v) is 10.6. The van der Waals surface area contributed by atoms with Gasteiger partial charge < -0.3 is 9.80 Å². The Morgan fingerprint density at radius 3 is 2.59 bits per heavy atom. The van der Waals surface area contributed by atoms with Crippen LogP contribution in [0.1, 0.15) is 20.3 Å². The second-order valence-corrected chi connectivity index (χ2v) is 4.57. The molecule has 1 unspecified atom stereocenters. The first-order chi connectivity index (χ1) is 8.22. The zero-order valence-electron chi connectivity index (χ0n) is 10.6. The zero-order chi connectivity index (χ0) is 12.3.